The second-order valence-electron chi connectivity index (χ2n) is 4.18. The lowest BCUT2D eigenvalue weighted by Gasteiger charge is -2.27. The molecule has 0 N–H and O–H groups in total. The predicted octanol–water partition coefficient (Wildman–Crippen LogP) is 1.24. The number of esters is 2. The SMILES string of the molecule is CC(C)(C)C1OC(=O)CCC(=O)O1. The summed E-state index contributed by atoms with van der Waals surface area (Å²) < 4.78 is 9.93. The van der Waals surface area contributed by atoms with Crippen molar-refractivity contribution in [3.05, 3.63) is 0 Å². The molecule has 0 aromatic carbocycles. The molecule has 0 spiro atoms. The highest BCUT2D eigenvalue weighted by Crippen LogP contribution is 2.26. The van der Waals surface area contributed by atoms with E-state index in [9.17, 15) is 9.59 Å². The largest absolute Gasteiger partial charge is 0.425 e. The van der Waals surface area contributed by atoms with Gasteiger partial charge in [0.1, 0.15) is 0 Å². The molecule has 0 radical (unpaired) electrons. The molecule has 0 bridgehead atoms. The normalized spacial score (nSPS) is 20.5. The zero-order chi connectivity index (χ0) is 10.1. The molecule has 1 heterocycles. The molecule has 13 heavy (non-hydrogen) atoms. The average Bonchev–Trinajstić information content (AvgIpc) is 2.12. The van der Waals surface area contributed by atoms with E-state index in [0.717, 1.165) is 0 Å². The molecule has 1 rings (SSSR count). The first-order valence-corrected chi connectivity index (χ1v) is 4.28. The Kier molecular flexibility index (Phi) is 2.59. The second kappa shape index (κ2) is 3.36. The van der Waals surface area contributed by atoms with E-state index in [-0.39, 0.29) is 30.2 Å². The molecule has 1 fully saturated rings. The molecular formula is C9H14O4. The lowest BCUT2D eigenvalue weighted by Crippen LogP contribution is -2.33. The van der Waals surface area contributed by atoms with Crippen molar-refractivity contribution in [3.63, 3.8) is 0 Å². The van der Waals surface area contributed by atoms with Crippen LogP contribution in [-0.2, 0) is 19.1 Å². The topological polar surface area (TPSA) is 52.6 Å². The number of rotatable bonds is 0. The molecule has 4 heteroatoms. The zero-order valence-corrected chi connectivity index (χ0v) is 8.12. The third-order valence-electron chi connectivity index (χ3n) is 1.72. The lowest BCUT2D eigenvalue weighted by atomic mass is 9.96. The van der Waals surface area contributed by atoms with Crippen molar-refractivity contribution in [2.45, 2.75) is 39.9 Å². The Morgan fingerprint density at radius 1 is 1.08 bits per heavy atom. The van der Waals surface area contributed by atoms with Gasteiger partial charge >= 0.3 is 11.9 Å². The van der Waals surface area contributed by atoms with Crippen molar-refractivity contribution in [1.82, 2.24) is 0 Å². The van der Waals surface area contributed by atoms with Crippen molar-refractivity contribution in [3.8, 4) is 0 Å². The van der Waals surface area contributed by atoms with Gasteiger partial charge in [0.25, 0.3) is 6.29 Å². The first-order chi connectivity index (χ1) is 5.89. The smallest absolute Gasteiger partial charge is 0.309 e. The summed E-state index contributed by atoms with van der Waals surface area (Å²) in [5, 5.41) is 0. The second-order valence-corrected chi connectivity index (χ2v) is 4.18. The average molecular weight is 186 g/mol. The summed E-state index contributed by atoms with van der Waals surface area (Å²) in [6, 6.07) is 0. The summed E-state index contributed by atoms with van der Waals surface area (Å²) in [6.45, 7) is 5.55. The molecule has 4 nitrogen and oxygen atoms in total. The Labute approximate surface area is 77.2 Å². The molecule has 0 aromatic heterocycles. The molecule has 0 saturated carbocycles. The summed E-state index contributed by atoms with van der Waals surface area (Å²) in [5.74, 6) is -0.739. The maximum Gasteiger partial charge on any atom is 0.309 e. The molecule has 0 unspecified atom stereocenters. The maximum atomic E-state index is 11.0. The van der Waals surface area contributed by atoms with Crippen LogP contribution in [0.3, 0.4) is 0 Å². The van der Waals surface area contributed by atoms with Gasteiger partial charge in [-0.3, -0.25) is 9.59 Å². The quantitative estimate of drug-likeness (QED) is 0.534. The fourth-order valence-corrected chi connectivity index (χ4v) is 0.938. The van der Waals surface area contributed by atoms with Crippen molar-refractivity contribution in [2.24, 2.45) is 5.41 Å². The van der Waals surface area contributed by atoms with Crippen molar-refractivity contribution < 1.29 is 19.1 Å². The third kappa shape index (κ3) is 2.72. The third-order valence-corrected chi connectivity index (χ3v) is 1.72. The van der Waals surface area contributed by atoms with Crippen LogP contribution in [0.25, 0.3) is 0 Å². The fourth-order valence-electron chi connectivity index (χ4n) is 0.938. The van der Waals surface area contributed by atoms with Crippen LogP contribution in [0.5, 0.6) is 0 Å². The summed E-state index contributed by atoms with van der Waals surface area (Å²) in [5.41, 5.74) is -0.365. The van der Waals surface area contributed by atoms with Crippen LogP contribution in [0.4, 0.5) is 0 Å². The predicted molar refractivity (Wildman–Crippen MR) is 44.7 cm³/mol. The number of ether oxygens (including phenoxy) is 2. The molecule has 0 aliphatic carbocycles. The van der Waals surface area contributed by atoms with E-state index in [4.69, 9.17) is 9.47 Å². The Hall–Kier alpha value is -1.06. The van der Waals surface area contributed by atoms with Crippen molar-refractivity contribution in [2.75, 3.05) is 0 Å². The molecule has 0 amide bonds. The van der Waals surface area contributed by atoms with E-state index < -0.39 is 6.29 Å². The summed E-state index contributed by atoms with van der Waals surface area (Å²) in [6.07, 6.45) is -0.522. The minimum absolute atomic E-state index is 0.116. The van der Waals surface area contributed by atoms with Crippen LogP contribution >= 0.6 is 0 Å². The van der Waals surface area contributed by atoms with E-state index in [0.29, 0.717) is 0 Å². The molecule has 1 saturated heterocycles. The van der Waals surface area contributed by atoms with Gasteiger partial charge in [-0.2, -0.15) is 0 Å². The number of hydrogen-bond acceptors (Lipinski definition) is 4. The van der Waals surface area contributed by atoms with E-state index >= 15 is 0 Å². The fraction of sp³-hybridized carbons (Fsp3) is 0.778. The van der Waals surface area contributed by atoms with Crippen LogP contribution in [-0.4, -0.2) is 18.2 Å². The van der Waals surface area contributed by atoms with Gasteiger partial charge in [0.2, 0.25) is 0 Å². The molecule has 0 aromatic rings. The highest BCUT2D eigenvalue weighted by molar-refractivity contribution is 5.79. The Balaban J connectivity index is 2.73. The number of carbonyl (C=O) groups excluding carboxylic acids is 2. The molecule has 0 atom stereocenters. The van der Waals surface area contributed by atoms with Crippen LogP contribution in [0, 0.1) is 5.41 Å². The zero-order valence-electron chi connectivity index (χ0n) is 8.12. The van der Waals surface area contributed by atoms with E-state index in [1.807, 2.05) is 20.8 Å². The van der Waals surface area contributed by atoms with Gasteiger partial charge in [0, 0.05) is 5.41 Å². The van der Waals surface area contributed by atoms with Gasteiger partial charge in [-0.25, -0.2) is 0 Å². The van der Waals surface area contributed by atoms with Crippen LogP contribution < -0.4 is 0 Å². The van der Waals surface area contributed by atoms with E-state index in [1.165, 1.54) is 0 Å². The highest BCUT2D eigenvalue weighted by atomic mass is 16.7. The standard InChI is InChI=1S/C9H14O4/c1-9(2,3)8-12-6(10)4-5-7(11)13-8/h8H,4-5H2,1-3H3. The summed E-state index contributed by atoms with van der Waals surface area (Å²) >= 11 is 0. The summed E-state index contributed by atoms with van der Waals surface area (Å²) in [7, 11) is 0. The van der Waals surface area contributed by atoms with Gasteiger partial charge in [-0.15, -0.1) is 0 Å². The first kappa shape index (κ1) is 10.0. The van der Waals surface area contributed by atoms with Crippen LogP contribution in [0.1, 0.15) is 33.6 Å². The number of cyclic esters (lactones) is 2. The van der Waals surface area contributed by atoms with Crippen LogP contribution in [0.15, 0.2) is 0 Å². The Morgan fingerprint density at radius 2 is 1.46 bits per heavy atom. The minimum atomic E-state index is -0.755. The van der Waals surface area contributed by atoms with Gasteiger partial charge in [0.05, 0.1) is 12.8 Å². The molecule has 74 valence electrons. The van der Waals surface area contributed by atoms with Gasteiger partial charge < -0.3 is 9.47 Å². The molecule has 1 aliphatic rings. The molecule has 1 aliphatic heterocycles. The first-order valence-electron chi connectivity index (χ1n) is 4.28. The number of carbonyl (C=O) groups is 2. The summed E-state index contributed by atoms with van der Waals surface area (Å²) in [4.78, 5) is 22.1. The van der Waals surface area contributed by atoms with Gasteiger partial charge in [0.15, 0.2) is 0 Å². The van der Waals surface area contributed by atoms with Crippen molar-refractivity contribution >= 4 is 11.9 Å². The molecular weight excluding hydrogens is 172 g/mol. The maximum absolute atomic E-state index is 11.0. The van der Waals surface area contributed by atoms with Gasteiger partial charge in [-0.05, 0) is 0 Å². The monoisotopic (exact) mass is 186 g/mol. The van der Waals surface area contributed by atoms with Crippen molar-refractivity contribution in [1.29, 1.82) is 0 Å². The van der Waals surface area contributed by atoms with Gasteiger partial charge in [-0.1, -0.05) is 20.8 Å². The highest BCUT2D eigenvalue weighted by Gasteiger charge is 2.34. The van der Waals surface area contributed by atoms with E-state index in [1.54, 1.807) is 0 Å². The lowest BCUT2D eigenvalue weighted by molar-refractivity contribution is -0.200. The van der Waals surface area contributed by atoms with E-state index in [2.05, 4.69) is 0 Å². The Bertz CT molecular complexity index is 208. The minimum Gasteiger partial charge on any atom is -0.425 e. The van der Waals surface area contributed by atoms with Crippen LogP contribution in [0.2, 0.25) is 0 Å². The number of hydrogen-bond donors (Lipinski definition) is 0. The Morgan fingerprint density at radius 3 is 1.77 bits per heavy atom.